The highest BCUT2D eigenvalue weighted by atomic mass is 32.2. The fourth-order valence-electron chi connectivity index (χ4n) is 2.73. The van der Waals surface area contributed by atoms with E-state index in [-0.39, 0.29) is 29.5 Å². The van der Waals surface area contributed by atoms with Gasteiger partial charge in [-0.1, -0.05) is 30.3 Å². The predicted molar refractivity (Wildman–Crippen MR) is 115 cm³/mol. The van der Waals surface area contributed by atoms with Crippen molar-refractivity contribution in [1.29, 1.82) is 0 Å². The average molecular weight is 431 g/mol. The molecule has 2 aromatic rings. The van der Waals surface area contributed by atoms with Crippen molar-refractivity contribution in [2.24, 2.45) is 0 Å². The minimum absolute atomic E-state index is 0.0512. The van der Waals surface area contributed by atoms with Crippen molar-refractivity contribution < 1.29 is 18.8 Å². The smallest absolute Gasteiger partial charge is 0.293 e. The number of carbonyl (C=O) groups is 3. The first-order valence-electron chi connectivity index (χ1n) is 8.85. The van der Waals surface area contributed by atoms with Crippen LogP contribution in [-0.4, -0.2) is 41.3 Å². The van der Waals surface area contributed by atoms with E-state index in [1.54, 1.807) is 36.0 Å². The fourth-order valence-corrected chi connectivity index (χ4v) is 4.11. The molecule has 5 nitrogen and oxygen atoms in total. The predicted octanol–water partition coefficient (Wildman–Crippen LogP) is 4.16. The largest absolute Gasteiger partial charge is 0.350 e. The van der Waals surface area contributed by atoms with Crippen LogP contribution in [0.4, 0.5) is 9.18 Å². The molecule has 1 aliphatic heterocycles. The summed E-state index contributed by atoms with van der Waals surface area (Å²) in [5, 5.41) is 2.28. The second-order valence-corrected chi connectivity index (χ2v) is 8.10. The SMILES string of the molecule is CSCc1ccc(C(=O)NCCN2C(=O)S/C(=C\c3ccccc3F)C2=O)cc1. The monoisotopic (exact) mass is 430 g/mol. The van der Waals surface area contributed by atoms with E-state index in [0.29, 0.717) is 5.56 Å². The normalized spacial score (nSPS) is 15.2. The van der Waals surface area contributed by atoms with Crippen molar-refractivity contribution >= 4 is 46.7 Å². The molecular weight excluding hydrogens is 411 g/mol. The summed E-state index contributed by atoms with van der Waals surface area (Å²) in [4.78, 5) is 38.0. The molecule has 0 saturated carbocycles. The van der Waals surface area contributed by atoms with Crippen LogP contribution in [0.1, 0.15) is 21.5 Å². The number of hydrogen-bond donors (Lipinski definition) is 1. The molecule has 1 fully saturated rings. The van der Waals surface area contributed by atoms with Crippen LogP contribution in [0.15, 0.2) is 53.4 Å². The summed E-state index contributed by atoms with van der Waals surface area (Å²) in [6, 6.07) is 13.3. The van der Waals surface area contributed by atoms with E-state index in [4.69, 9.17) is 0 Å². The maximum absolute atomic E-state index is 13.8. The molecule has 150 valence electrons. The summed E-state index contributed by atoms with van der Waals surface area (Å²) >= 11 is 2.47. The Morgan fingerprint density at radius 1 is 1.17 bits per heavy atom. The lowest BCUT2D eigenvalue weighted by molar-refractivity contribution is -0.122. The molecular formula is C21H19FN2O3S2. The lowest BCUT2D eigenvalue weighted by Crippen LogP contribution is -2.37. The second kappa shape index (κ2) is 9.76. The minimum atomic E-state index is -0.487. The third-order valence-corrected chi connectivity index (χ3v) is 5.74. The van der Waals surface area contributed by atoms with Crippen LogP contribution in [-0.2, 0) is 10.5 Å². The van der Waals surface area contributed by atoms with Gasteiger partial charge in [-0.15, -0.1) is 0 Å². The number of imide groups is 1. The van der Waals surface area contributed by atoms with E-state index in [1.807, 2.05) is 18.4 Å². The zero-order valence-electron chi connectivity index (χ0n) is 15.7. The lowest BCUT2D eigenvalue weighted by Gasteiger charge is -2.13. The number of nitrogens with zero attached hydrogens (tertiary/aromatic N) is 1. The molecule has 1 N–H and O–H groups in total. The molecule has 1 heterocycles. The number of amides is 3. The summed E-state index contributed by atoms with van der Waals surface area (Å²) in [7, 11) is 0. The van der Waals surface area contributed by atoms with Crippen molar-refractivity contribution in [2.45, 2.75) is 5.75 Å². The first-order valence-corrected chi connectivity index (χ1v) is 11.1. The van der Waals surface area contributed by atoms with E-state index < -0.39 is 17.0 Å². The van der Waals surface area contributed by atoms with Gasteiger partial charge in [-0.25, -0.2) is 4.39 Å². The van der Waals surface area contributed by atoms with E-state index in [0.717, 1.165) is 28.0 Å². The van der Waals surface area contributed by atoms with E-state index in [2.05, 4.69) is 5.32 Å². The second-order valence-electron chi connectivity index (χ2n) is 6.24. The van der Waals surface area contributed by atoms with Crippen LogP contribution in [0.25, 0.3) is 6.08 Å². The average Bonchev–Trinajstić information content (AvgIpc) is 2.98. The number of benzene rings is 2. The van der Waals surface area contributed by atoms with E-state index in [9.17, 15) is 18.8 Å². The van der Waals surface area contributed by atoms with Crippen LogP contribution < -0.4 is 5.32 Å². The van der Waals surface area contributed by atoms with Gasteiger partial charge in [-0.3, -0.25) is 19.3 Å². The van der Waals surface area contributed by atoms with Crippen LogP contribution in [0.3, 0.4) is 0 Å². The summed E-state index contributed by atoms with van der Waals surface area (Å²) in [5.41, 5.74) is 1.90. The molecule has 3 amide bonds. The van der Waals surface area contributed by atoms with Crippen molar-refractivity contribution in [3.63, 3.8) is 0 Å². The number of carbonyl (C=O) groups excluding carboxylic acids is 3. The van der Waals surface area contributed by atoms with Gasteiger partial charge in [0.2, 0.25) is 0 Å². The van der Waals surface area contributed by atoms with Gasteiger partial charge in [0.1, 0.15) is 5.82 Å². The van der Waals surface area contributed by atoms with Gasteiger partial charge in [0, 0.05) is 30.0 Å². The van der Waals surface area contributed by atoms with Crippen molar-refractivity contribution in [3.05, 3.63) is 75.9 Å². The summed E-state index contributed by atoms with van der Waals surface area (Å²) in [5.74, 6) is -0.342. The van der Waals surface area contributed by atoms with Gasteiger partial charge in [0.25, 0.3) is 17.1 Å². The number of nitrogens with one attached hydrogen (secondary N) is 1. The number of rotatable bonds is 7. The van der Waals surface area contributed by atoms with Gasteiger partial charge < -0.3 is 5.32 Å². The Labute approximate surface area is 176 Å². The summed E-state index contributed by atoms with van der Waals surface area (Å²) in [6.07, 6.45) is 3.38. The molecule has 29 heavy (non-hydrogen) atoms. The Hall–Kier alpha value is -2.58. The molecule has 1 aliphatic rings. The van der Waals surface area contributed by atoms with Gasteiger partial charge >= 0.3 is 0 Å². The van der Waals surface area contributed by atoms with Gasteiger partial charge in [0.05, 0.1) is 4.91 Å². The molecule has 0 aliphatic carbocycles. The van der Waals surface area contributed by atoms with E-state index in [1.165, 1.54) is 18.2 Å². The topological polar surface area (TPSA) is 66.5 Å². The Morgan fingerprint density at radius 3 is 2.59 bits per heavy atom. The van der Waals surface area contributed by atoms with Crippen LogP contribution >= 0.6 is 23.5 Å². The van der Waals surface area contributed by atoms with Crippen molar-refractivity contribution in [2.75, 3.05) is 19.3 Å². The van der Waals surface area contributed by atoms with Gasteiger partial charge in [0.15, 0.2) is 0 Å². The summed E-state index contributed by atoms with van der Waals surface area (Å²) in [6.45, 7) is 0.186. The Balaban J connectivity index is 1.56. The Morgan fingerprint density at radius 2 is 1.90 bits per heavy atom. The van der Waals surface area contributed by atoms with Crippen molar-refractivity contribution in [3.8, 4) is 0 Å². The zero-order valence-corrected chi connectivity index (χ0v) is 17.3. The quantitative estimate of drug-likeness (QED) is 0.669. The zero-order chi connectivity index (χ0) is 20.8. The van der Waals surface area contributed by atoms with Crippen LogP contribution in [0, 0.1) is 5.82 Å². The molecule has 0 radical (unpaired) electrons. The van der Waals surface area contributed by atoms with Crippen LogP contribution in [0.2, 0.25) is 0 Å². The minimum Gasteiger partial charge on any atom is -0.350 e. The number of hydrogen-bond acceptors (Lipinski definition) is 5. The van der Waals surface area contributed by atoms with Gasteiger partial charge in [-0.2, -0.15) is 11.8 Å². The molecule has 0 aromatic heterocycles. The van der Waals surface area contributed by atoms with Crippen molar-refractivity contribution in [1.82, 2.24) is 10.2 Å². The van der Waals surface area contributed by atoms with E-state index >= 15 is 0 Å². The van der Waals surface area contributed by atoms with Gasteiger partial charge in [-0.05, 0) is 47.9 Å². The Kier molecular flexibility index (Phi) is 7.11. The highest BCUT2D eigenvalue weighted by molar-refractivity contribution is 8.18. The fraction of sp³-hybridized carbons (Fsp3) is 0.190. The molecule has 8 heteroatoms. The molecule has 0 unspecified atom stereocenters. The molecule has 3 rings (SSSR count). The molecule has 0 atom stereocenters. The lowest BCUT2D eigenvalue weighted by atomic mass is 10.1. The highest BCUT2D eigenvalue weighted by Gasteiger charge is 2.34. The maximum atomic E-state index is 13.8. The molecule has 2 aromatic carbocycles. The third kappa shape index (κ3) is 5.27. The summed E-state index contributed by atoms with van der Waals surface area (Å²) < 4.78 is 13.8. The van der Waals surface area contributed by atoms with Crippen LogP contribution in [0.5, 0.6) is 0 Å². The first kappa shape index (κ1) is 21.1. The highest BCUT2D eigenvalue weighted by Crippen LogP contribution is 2.32. The number of thioether (sulfide) groups is 2. The molecule has 0 bridgehead atoms. The number of halogens is 1. The first-order chi connectivity index (χ1) is 14.0. The third-order valence-electron chi connectivity index (χ3n) is 4.21. The Bertz CT molecular complexity index is 961. The standard InChI is InChI=1S/C21H19FN2O3S2/c1-28-13-14-6-8-15(9-7-14)19(25)23-10-11-24-20(26)18(29-21(24)27)12-16-4-2-3-5-17(16)22/h2-9,12H,10-11,13H2,1H3,(H,23,25)/b18-12-. The maximum Gasteiger partial charge on any atom is 0.293 e. The molecule has 1 saturated heterocycles. The molecule has 0 spiro atoms.